The van der Waals surface area contributed by atoms with E-state index in [0.717, 1.165) is 12.5 Å². The molecule has 0 spiro atoms. The van der Waals surface area contributed by atoms with E-state index in [1.165, 1.54) is 54.7 Å². The second kappa shape index (κ2) is 7.63. The van der Waals surface area contributed by atoms with Gasteiger partial charge in [-0.25, -0.2) is 0 Å². The lowest BCUT2D eigenvalue weighted by atomic mass is 9.95. The van der Waals surface area contributed by atoms with Crippen LogP contribution < -0.4 is 5.32 Å². The summed E-state index contributed by atoms with van der Waals surface area (Å²) in [4.78, 5) is 3.89. The molecule has 18 heavy (non-hydrogen) atoms. The van der Waals surface area contributed by atoms with E-state index < -0.39 is 0 Å². The van der Waals surface area contributed by atoms with Gasteiger partial charge in [-0.05, 0) is 80.3 Å². The summed E-state index contributed by atoms with van der Waals surface area (Å²) < 4.78 is 1.21. The summed E-state index contributed by atoms with van der Waals surface area (Å²) in [5.41, 5.74) is 0. The van der Waals surface area contributed by atoms with Crippen molar-refractivity contribution in [3.8, 4) is 0 Å². The molecule has 1 aromatic rings. The van der Waals surface area contributed by atoms with Crippen molar-refractivity contribution in [1.82, 2.24) is 10.2 Å². The lowest BCUT2D eigenvalue weighted by Gasteiger charge is -2.23. The predicted molar refractivity (Wildman–Crippen MR) is 83.2 cm³/mol. The minimum absolute atomic E-state index is 0.919. The number of rotatable bonds is 6. The van der Waals surface area contributed by atoms with Crippen LogP contribution in [0.25, 0.3) is 0 Å². The Balaban J connectivity index is 1.60. The number of hydrogen-bond donors (Lipinski definition) is 1. The number of nitrogens with one attached hydrogen (secondary N) is 1. The molecule has 1 saturated heterocycles. The molecule has 0 bridgehead atoms. The Morgan fingerprint density at radius 3 is 3.11 bits per heavy atom. The summed E-state index contributed by atoms with van der Waals surface area (Å²) in [7, 11) is 2.23. The predicted octanol–water partition coefficient (Wildman–Crippen LogP) is 3.72. The molecule has 0 saturated carbocycles. The third kappa shape index (κ3) is 5.00. The first-order chi connectivity index (χ1) is 8.74. The van der Waals surface area contributed by atoms with Gasteiger partial charge < -0.3 is 10.2 Å². The molecule has 1 atom stereocenters. The van der Waals surface area contributed by atoms with Crippen LogP contribution in [0.5, 0.6) is 0 Å². The van der Waals surface area contributed by atoms with Gasteiger partial charge in [0.25, 0.3) is 0 Å². The third-order valence-electron chi connectivity index (χ3n) is 3.60. The van der Waals surface area contributed by atoms with Crippen molar-refractivity contribution in [1.29, 1.82) is 0 Å². The average molecular weight is 331 g/mol. The lowest BCUT2D eigenvalue weighted by molar-refractivity contribution is 0.289. The summed E-state index contributed by atoms with van der Waals surface area (Å²) >= 11 is 5.35. The molecule has 2 nitrogen and oxygen atoms in total. The Morgan fingerprint density at radius 2 is 2.44 bits per heavy atom. The van der Waals surface area contributed by atoms with Crippen LogP contribution in [0, 0.1) is 5.92 Å². The van der Waals surface area contributed by atoms with E-state index in [2.05, 4.69) is 44.6 Å². The van der Waals surface area contributed by atoms with Crippen molar-refractivity contribution >= 4 is 27.3 Å². The molecule has 1 aromatic heterocycles. The molecule has 0 amide bonds. The van der Waals surface area contributed by atoms with Crippen LogP contribution in [-0.4, -0.2) is 31.6 Å². The van der Waals surface area contributed by atoms with Gasteiger partial charge in [0.15, 0.2) is 0 Å². The Labute approximate surface area is 123 Å². The van der Waals surface area contributed by atoms with E-state index >= 15 is 0 Å². The zero-order valence-corrected chi connectivity index (χ0v) is 13.5. The smallest absolute Gasteiger partial charge is 0.0325 e. The first-order valence-corrected chi connectivity index (χ1v) is 8.53. The molecule has 0 radical (unpaired) electrons. The molecule has 0 aliphatic carbocycles. The fraction of sp³-hybridized carbons (Fsp3) is 0.714. The van der Waals surface area contributed by atoms with Crippen molar-refractivity contribution in [3.63, 3.8) is 0 Å². The van der Waals surface area contributed by atoms with E-state index in [1.54, 1.807) is 0 Å². The number of nitrogens with zero attached hydrogens (tertiary/aromatic N) is 1. The summed E-state index contributed by atoms with van der Waals surface area (Å²) in [5.74, 6) is 0.919. The van der Waals surface area contributed by atoms with E-state index in [9.17, 15) is 0 Å². The van der Waals surface area contributed by atoms with Crippen molar-refractivity contribution < 1.29 is 0 Å². The zero-order chi connectivity index (χ0) is 12.8. The van der Waals surface area contributed by atoms with Gasteiger partial charge in [0.05, 0.1) is 0 Å². The Kier molecular flexibility index (Phi) is 6.15. The maximum Gasteiger partial charge on any atom is 0.0325 e. The first-order valence-electron chi connectivity index (χ1n) is 6.86. The minimum atomic E-state index is 0.919. The molecule has 1 aliphatic heterocycles. The molecule has 0 aromatic carbocycles. The highest BCUT2D eigenvalue weighted by Gasteiger charge is 2.12. The highest BCUT2D eigenvalue weighted by Crippen LogP contribution is 2.21. The fourth-order valence-electron chi connectivity index (χ4n) is 2.60. The standard InChI is InChI=1S/C14H23BrN2S/c1-17(10-14-8-13(15)11-18-14)7-3-5-12-4-2-6-16-9-12/h8,11-12,16H,2-7,9-10H2,1H3. The molecule has 1 unspecified atom stereocenters. The van der Waals surface area contributed by atoms with Crippen LogP contribution >= 0.6 is 27.3 Å². The monoisotopic (exact) mass is 330 g/mol. The molecule has 4 heteroatoms. The highest BCUT2D eigenvalue weighted by atomic mass is 79.9. The topological polar surface area (TPSA) is 15.3 Å². The van der Waals surface area contributed by atoms with Gasteiger partial charge in [-0.3, -0.25) is 0 Å². The summed E-state index contributed by atoms with van der Waals surface area (Å²) in [6, 6.07) is 2.23. The maximum absolute atomic E-state index is 3.51. The van der Waals surface area contributed by atoms with Crippen molar-refractivity contribution in [2.24, 2.45) is 5.92 Å². The molecule has 1 aliphatic rings. The van der Waals surface area contributed by atoms with Gasteiger partial charge in [-0.1, -0.05) is 0 Å². The largest absolute Gasteiger partial charge is 0.316 e. The van der Waals surface area contributed by atoms with Crippen LogP contribution in [-0.2, 0) is 6.54 Å². The zero-order valence-electron chi connectivity index (χ0n) is 11.1. The quantitative estimate of drug-likeness (QED) is 0.855. The lowest BCUT2D eigenvalue weighted by Crippen LogP contribution is -2.30. The molecule has 1 fully saturated rings. The van der Waals surface area contributed by atoms with Gasteiger partial charge in [0, 0.05) is 21.3 Å². The van der Waals surface area contributed by atoms with Crippen molar-refractivity contribution in [2.45, 2.75) is 32.2 Å². The second-order valence-corrected chi connectivity index (χ2v) is 7.24. The van der Waals surface area contributed by atoms with Crippen molar-refractivity contribution in [3.05, 3.63) is 20.8 Å². The van der Waals surface area contributed by atoms with Gasteiger partial charge in [-0.2, -0.15) is 0 Å². The molecule has 2 rings (SSSR count). The number of halogens is 1. The SMILES string of the molecule is CN(CCCC1CCCNC1)Cc1cc(Br)cs1. The Morgan fingerprint density at radius 1 is 1.56 bits per heavy atom. The fourth-order valence-corrected chi connectivity index (χ4v) is 4.13. The number of thiophene rings is 1. The Bertz CT molecular complexity index is 347. The molecule has 1 N–H and O–H groups in total. The summed E-state index contributed by atoms with van der Waals surface area (Å²) in [6.45, 7) is 4.76. The Hall–Kier alpha value is 0.1000. The minimum Gasteiger partial charge on any atom is -0.316 e. The summed E-state index contributed by atoms with van der Waals surface area (Å²) in [5, 5.41) is 5.66. The maximum atomic E-state index is 3.51. The van der Waals surface area contributed by atoms with E-state index in [4.69, 9.17) is 0 Å². The van der Waals surface area contributed by atoms with E-state index in [-0.39, 0.29) is 0 Å². The van der Waals surface area contributed by atoms with Crippen molar-refractivity contribution in [2.75, 3.05) is 26.7 Å². The number of hydrogen-bond acceptors (Lipinski definition) is 3. The molecular weight excluding hydrogens is 308 g/mol. The van der Waals surface area contributed by atoms with E-state index in [0.29, 0.717) is 0 Å². The van der Waals surface area contributed by atoms with Gasteiger partial charge in [0.2, 0.25) is 0 Å². The van der Waals surface area contributed by atoms with Crippen LogP contribution in [0.15, 0.2) is 15.9 Å². The number of piperidine rings is 1. The molecular formula is C14H23BrN2S. The van der Waals surface area contributed by atoms with Crippen LogP contribution in [0.1, 0.15) is 30.6 Å². The summed E-state index contributed by atoms with van der Waals surface area (Å²) in [6.07, 6.45) is 5.50. The average Bonchev–Trinajstić information content (AvgIpc) is 2.76. The normalized spacial score (nSPS) is 20.5. The van der Waals surface area contributed by atoms with Crippen LogP contribution in [0.2, 0.25) is 0 Å². The van der Waals surface area contributed by atoms with Gasteiger partial charge >= 0.3 is 0 Å². The van der Waals surface area contributed by atoms with Crippen LogP contribution in [0.4, 0.5) is 0 Å². The third-order valence-corrected chi connectivity index (χ3v) is 5.28. The second-order valence-electron chi connectivity index (χ2n) is 5.32. The highest BCUT2D eigenvalue weighted by molar-refractivity contribution is 9.10. The van der Waals surface area contributed by atoms with Gasteiger partial charge in [0.1, 0.15) is 0 Å². The van der Waals surface area contributed by atoms with E-state index in [1.807, 2.05) is 11.3 Å². The first kappa shape index (κ1) is 14.5. The molecule has 2 heterocycles. The van der Waals surface area contributed by atoms with Crippen LogP contribution in [0.3, 0.4) is 0 Å². The molecule has 102 valence electrons. The van der Waals surface area contributed by atoms with Gasteiger partial charge in [-0.15, -0.1) is 11.3 Å².